The zero-order valence-electron chi connectivity index (χ0n) is 16.5. The highest BCUT2D eigenvalue weighted by atomic mass is 16.2. The molecule has 7 heteroatoms. The SMILES string of the molecule is CCc1cc(N2CCCC(NC(=O)Cc3cc4ccccc4[nH]c3=O)C2)ncn1. The van der Waals surface area contributed by atoms with Crippen molar-refractivity contribution in [3.8, 4) is 0 Å². The first-order chi connectivity index (χ1) is 14.1. The van der Waals surface area contributed by atoms with Gasteiger partial charge in [0.15, 0.2) is 0 Å². The zero-order chi connectivity index (χ0) is 20.2. The minimum atomic E-state index is -0.211. The first-order valence-electron chi connectivity index (χ1n) is 10.1. The fourth-order valence-electron chi connectivity index (χ4n) is 3.83. The predicted molar refractivity (Wildman–Crippen MR) is 113 cm³/mol. The molecule has 0 saturated carbocycles. The van der Waals surface area contributed by atoms with Gasteiger partial charge in [-0.1, -0.05) is 25.1 Å². The van der Waals surface area contributed by atoms with Crippen molar-refractivity contribution in [1.82, 2.24) is 20.3 Å². The molecule has 1 unspecified atom stereocenters. The number of piperidine rings is 1. The number of fused-ring (bicyclic) bond motifs is 1. The fraction of sp³-hybridized carbons (Fsp3) is 0.364. The van der Waals surface area contributed by atoms with E-state index < -0.39 is 0 Å². The van der Waals surface area contributed by atoms with Crippen molar-refractivity contribution in [2.45, 2.75) is 38.6 Å². The van der Waals surface area contributed by atoms with Crippen LogP contribution >= 0.6 is 0 Å². The average molecular weight is 391 g/mol. The summed E-state index contributed by atoms with van der Waals surface area (Å²) in [5.41, 5.74) is 2.06. The summed E-state index contributed by atoms with van der Waals surface area (Å²) in [6.07, 6.45) is 4.44. The average Bonchev–Trinajstić information content (AvgIpc) is 2.74. The van der Waals surface area contributed by atoms with Gasteiger partial charge in [-0.3, -0.25) is 9.59 Å². The van der Waals surface area contributed by atoms with Crippen LogP contribution in [0.15, 0.2) is 47.5 Å². The van der Waals surface area contributed by atoms with E-state index in [9.17, 15) is 9.59 Å². The largest absolute Gasteiger partial charge is 0.354 e. The molecule has 29 heavy (non-hydrogen) atoms. The van der Waals surface area contributed by atoms with Crippen molar-refractivity contribution in [3.05, 3.63) is 64.3 Å². The molecular formula is C22H25N5O2. The number of rotatable bonds is 5. The summed E-state index contributed by atoms with van der Waals surface area (Å²) in [5, 5.41) is 4.02. The number of hydrogen-bond donors (Lipinski definition) is 2. The van der Waals surface area contributed by atoms with Gasteiger partial charge in [0.1, 0.15) is 12.1 Å². The molecule has 0 aliphatic carbocycles. The molecule has 3 heterocycles. The first kappa shape index (κ1) is 19.1. The van der Waals surface area contributed by atoms with E-state index in [2.05, 4.69) is 32.1 Å². The summed E-state index contributed by atoms with van der Waals surface area (Å²) in [5.74, 6) is 0.774. The number of para-hydroxylation sites is 1. The number of H-pyrrole nitrogens is 1. The van der Waals surface area contributed by atoms with Crippen molar-refractivity contribution in [3.63, 3.8) is 0 Å². The minimum absolute atomic E-state index is 0.0378. The molecule has 1 aliphatic rings. The quantitative estimate of drug-likeness (QED) is 0.696. The number of carbonyl (C=O) groups is 1. The number of aromatic nitrogens is 3. The molecule has 1 aliphatic heterocycles. The summed E-state index contributed by atoms with van der Waals surface area (Å²) < 4.78 is 0. The number of benzene rings is 1. The minimum Gasteiger partial charge on any atom is -0.354 e. The third kappa shape index (κ3) is 4.45. The van der Waals surface area contributed by atoms with Gasteiger partial charge in [0.05, 0.1) is 6.42 Å². The van der Waals surface area contributed by atoms with E-state index in [1.54, 1.807) is 12.4 Å². The highest BCUT2D eigenvalue weighted by molar-refractivity contribution is 5.82. The summed E-state index contributed by atoms with van der Waals surface area (Å²) in [4.78, 5) is 38.6. The number of hydrogen-bond acceptors (Lipinski definition) is 5. The van der Waals surface area contributed by atoms with Gasteiger partial charge in [0, 0.05) is 42.0 Å². The van der Waals surface area contributed by atoms with E-state index >= 15 is 0 Å². The number of aryl methyl sites for hydroxylation is 1. The van der Waals surface area contributed by atoms with Gasteiger partial charge in [-0.2, -0.15) is 0 Å². The summed E-state index contributed by atoms with van der Waals surface area (Å²) >= 11 is 0. The maximum absolute atomic E-state index is 12.6. The molecule has 150 valence electrons. The van der Waals surface area contributed by atoms with Gasteiger partial charge in [-0.15, -0.1) is 0 Å². The van der Waals surface area contributed by atoms with Crippen molar-refractivity contribution in [2.75, 3.05) is 18.0 Å². The Hall–Kier alpha value is -3.22. The van der Waals surface area contributed by atoms with Crippen molar-refractivity contribution >= 4 is 22.6 Å². The molecule has 7 nitrogen and oxygen atoms in total. The second kappa shape index (κ2) is 8.43. The van der Waals surface area contributed by atoms with Crippen LogP contribution in [-0.2, 0) is 17.6 Å². The Bertz CT molecular complexity index is 1080. The second-order valence-corrected chi connectivity index (χ2v) is 7.46. The standard InChI is InChI=1S/C22H25N5O2/c1-2-17-12-20(24-14-23-17)27-9-5-7-18(13-27)25-21(28)11-16-10-15-6-3-4-8-19(15)26-22(16)29/h3-4,6,8,10,12,14,18H,2,5,7,9,11,13H2,1H3,(H,25,28)(H,26,29). The van der Waals surface area contributed by atoms with Gasteiger partial charge in [0.2, 0.25) is 5.91 Å². The van der Waals surface area contributed by atoms with Gasteiger partial charge in [-0.25, -0.2) is 9.97 Å². The van der Waals surface area contributed by atoms with E-state index in [0.717, 1.165) is 48.2 Å². The van der Waals surface area contributed by atoms with Crippen molar-refractivity contribution < 1.29 is 4.79 Å². The van der Waals surface area contributed by atoms with Crippen LogP contribution in [0.3, 0.4) is 0 Å². The molecule has 1 fully saturated rings. The van der Waals surface area contributed by atoms with Gasteiger partial charge < -0.3 is 15.2 Å². The van der Waals surface area contributed by atoms with Crippen LogP contribution < -0.4 is 15.8 Å². The van der Waals surface area contributed by atoms with Crippen LogP contribution in [-0.4, -0.2) is 40.0 Å². The molecule has 0 radical (unpaired) electrons. The summed E-state index contributed by atoms with van der Waals surface area (Å²) in [6, 6.07) is 11.4. The van der Waals surface area contributed by atoms with E-state index in [0.29, 0.717) is 12.1 Å². The second-order valence-electron chi connectivity index (χ2n) is 7.46. The number of carbonyl (C=O) groups excluding carboxylic acids is 1. The highest BCUT2D eigenvalue weighted by Crippen LogP contribution is 2.18. The molecule has 0 bridgehead atoms. The van der Waals surface area contributed by atoms with Crippen LogP contribution in [0.5, 0.6) is 0 Å². The molecule has 1 saturated heterocycles. The number of amides is 1. The lowest BCUT2D eigenvalue weighted by atomic mass is 10.0. The molecule has 4 rings (SSSR count). The summed E-state index contributed by atoms with van der Waals surface area (Å²) in [7, 11) is 0. The van der Waals surface area contributed by atoms with E-state index in [-0.39, 0.29) is 23.9 Å². The number of anilines is 1. The van der Waals surface area contributed by atoms with Crippen LogP contribution in [0.4, 0.5) is 5.82 Å². The first-order valence-corrected chi connectivity index (χ1v) is 10.1. The Morgan fingerprint density at radius 1 is 1.28 bits per heavy atom. The number of aromatic amines is 1. The van der Waals surface area contributed by atoms with Gasteiger partial charge in [0.25, 0.3) is 5.56 Å². The van der Waals surface area contributed by atoms with E-state index in [4.69, 9.17) is 0 Å². The van der Waals surface area contributed by atoms with E-state index in [1.165, 1.54) is 0 Å². The third-order valence-corrected chi connectivity index (χ3v) is 5.36. The third-order valence-electron chi connectivity index (χ3n) is 5.36. The smallest absolute Gasteiger partial charge is 0.252 e. The summed E-state index contributed by atoms with van der Waals surface area (Å²) in [6.45, 7) is 3.69. The lowest BCUT2D eigenvalue weighted by Crippen LogP contribution is -2.48. The number of nitrogens with one attached hydrogen (secondary N) is 2. The Morgan fingerprint density at radius 3 is 3.00 bits per heavy atom. The van der Waals surface area contributed by atoms with Crippen molar-refractivity contribution in [1.29, 1.82) is 0 Å². The molecule has 1 amide bonds. The Kier molecular flexibility index (Phi) is 5.55. The molecule has 2 N–H and O–H groups in total. The lowest BCUT2D eigenvalue weighted by Gasteiger charge is -2.34. The molecule has 3 aromatic rings. The van der Waals surface area contributed by atoms with Gasteiger partial charge >= 0.3 is 0 Å². The van der Waals surface area contributed by atoms with Crippen LogP contribution in [0, 0.1) is 0 Å². The molecule has 0 spiro atoms. The Labute approximate surface area is 169 Å². The molecular weight excluding hydrogens is 366 g/mol. The maximum atomic E-state index is 12.6. The molecule has 1 atom stereocenters. The van der Waals surface area contributed by atoms with Crippen LogP contribution in [0.2, 0.25) is 0 Å². The molecule has 2 aromatic heterocycles. The zero-order valence-corrected chi connectivity index (χ0v) is 16.5. The Balaban J connectivity index is 1.42. The topological polar surface area (TPSA) is 91.0 Å². The highest BCUT2D eigenvalue weighted by Gasteiger charge is 2.23. The van der Waals surface area contributed by atoms with Crippen molar-refractivity contribution in [2.24, 2.45) is 0 Å². The normalized spacial score (nSPS) is 16.7. The number of pyridine rings is 1. The lowest BCUT2D eigenvalue weighted by molar-refractivity contribution is -0.121. The fourth-order valence-corrected chi connectivity index (χ4v) is 3.83. The maximum Gasteiger partial charge on any atom is 0.252 e. The molecule has 1 aromatic carbocycles. The monoisotopic (exact) mass is 391 g/mol. The Morgan fingerprint density at radius 2 is 2.14 bits per heavy atom. The van der Waals surface area contributed by atoms with Gasteiger partial charge in [-0.05, 0) is 36.8 Å². The number of nitrogens with zero attached hydrogens (tertiary/aromatic N) is 3. The van der Waals surface area contributed by atoms with E-state index in [1.807, 2.05) is 30.3 Å². The van der Waals surface area contributed by atoms with Crippen LogP contribution in [0.1, 0.15) is 31.0 Å². The van der Waals surface area contributed by atoms with Crippen LogP contribution in [0.25, 0.3) is 10.9 Å². The predicted octanol–water partition coefficient (Wildman–Crippen LogP) is 2.21.